The highest BCUT2D eigenvalue weighted by atomic mass is 32.2. The fraction of sp³-hybridized carbons (Fsp3) is 0.227. The Balaban J connectivity index is 1.85. The standard InChI is InChI=1S/C22H21FN4O2S/c1-14-8-10-15(11-9-14)12-27-18-19(25(2)22(29)26(3)20(18)28)24-21(27)30-13-16-6-4-5-7-17(16)23/h4-11H,12-13H2,1-3H3. The third kappa shape index (κ3) is 3.59. The maximum absolute atomic E-state index is 14.1. The van der Waals surface area contributed by atoms with E-state index in [0.29, 0.717) is 34.2 Å². The van der Waals surface area contributed by atoms with Gasteiger partial charge in [-0.1, -0.05) is 59.8 Å². The van der Waals surface area contributed by atoms with Crippen LogP contribution in [0.2, 0.25) is 0 Å². The molecule has 0 aliphatic carbocycles. The summed E-state index contributed by atoms with van der Waals surface area (Å²) >= 11 is 1.34. The number of imidazole rings is 1. The number of benzene rings is 2. The first kappa shape index (κ1) is 20.2. The van der Waals surface area contributed by atoms with Crippen molar-refractivity contribution in [3.05, 3.63) is 91.9 Å². The van der Waals surface area contributed by atoms with Gasteiger partial charge in [-0.15, -0.1) is 0 Å². The van der Waals surface area contributed by atoms with Crippen molar-refractivity contribution in [3.63, 3.8) is 0 Å². The summed E-state index contributed by atoms with van der Waals surface area (Å²) in [5.41, 5.74) is 2.55. The Kier molecular flexibility index (Phi) is 5.34. The number of halogens is 1. The van der Waals surface area contributed by atoms with Crippen molar-refractivity contribution in [3.8, 4) is 0 Å². The van der Waals surface area contributed by atoms with Crippen LogP contribution in [0.5, 0.6) is 0 Å². The van der Waals surface area contributed by atoms with Gasteiger partial charge in [0.05, 0.1) is 6.54 Å². The van der Waals surface area contributed by atoms with Crippen LogP contribution in [0, 0.1) is 12.7 Å². The van der Waals surface area contributed by atoms with Crippen molar-refractivity contribution >= 4 is 22.9 Å². The number of nitrogens with zero attached hydrogens (tertiary/aromatic N) is 4. The summed E-state index contributed by atoms with van der Waals surface area (Å²) < 4.78 is 18.3. The lowest BCUT2D eigenvalue weighted by atomic mass is 10.1. The second-order valence-electron chi connectivity index (χ2n) is 7.22. The summed E-state index contributed by atoms with van der Waals surface area (Å²) in [7, 11) is 3.05. The third-order valence-corrected chi connectivity index (χ3v) is 6.11. The van der Waals surface area contributed by atoms with Crippen molar-refractivity contribution < 1.29 is 4.39 Å². The van der Waals surface area contributed by atoms with Gasteiger partial charge in [0.1, 0.15) is 5.82 Å². The molecule has 0 amide bonds. The highest BCUT2D eigenvalue weighted by Crippen LogP contribution is 2.27. The molecule has 154 valence electrons. The molecule has 2 aromatic heterocycles. The number of rotatable bonds is 5. The van der Waals surface area contributed by atoms with Gasteiger partial charge in [-0.2, -0.15) is 0 Å². The predicted octanol–water partition coefficient (Wildman–Crippen LogP) is 3.22. The van der Waals surface area contributed by atoms with Gasteiger partial charge >= 0.3 is 5.69 Å². The van der Waals surface area contributed by atoms with Gasteiger partial charge in [0.2, 0.25) is 0 Å². The second kappa shape index (κ2) is 7.95. The highest BCUT2D eigenvalue weighted by Gasteiger charge is 2.20. The van der Waals surface area contributed by atoms with Gasteiger partial charge in [-0.05, 0) is 24.1 Å². The third-order valence-electron chi connectivity index (χ3n) is 5.09. The van der Waals surface area contributed by atoms with E-state index >= 15 is 0 Å². The van der Waals surface area contributed by atoms with E-state index in [4.69, 9.17) is 0 Å². The Hall–Kier alpha value is -3.13. The average Bonchev–Trinajstić information content (AvgIpc) is 3.10. The normalized spacial score (nSPS) is 11.3. The first-order chi connectivity index (χ1) is 14.4. The molecule has 4 rings (SSSR count). The van der Waals surface area contributed by atoms with Crippen LogP contribution < -0.4 is 11.2 Å². The van der Waals surface area contributed by atoms with Crippen LogP contribution in [0.1, 0.15) is 16.7 Å². The molecule has 2 aromatic carbocycles. The number of fused-ring (bicyclic) bond motifs is 1. The van der Waals surface area contributed by atoms with E-state index in [2.05, 4.69) is 4.98 Å². The van der Waals surface area contributed by atoms with Crippen LogP contribution in [0.4, 0.5) is 4.39 Å². The van der Waals surface area contributed by atoms with Crippen molar-refractivity contribution in [1.82, 2.24) is 18.7 Å². The number of aromatic nitrogens is 4. The summed E-state index contributed by atoms with van der Waals surface area (Å²) in [5, 5.41) is 0.562. The molecule has 0 atom stereocenters. The summed E-state index contributed by atoms with van der Waals surface area (Å²) in [6, 6.07) is 14.6. The maximum Gasteiger partial charge on any atom is 0.332 e. The molecule has 0 radical (unpaired) electrons. The zero-order valence-electron chi connectivity index (χ0n) is 16.9. The fourth-order valence-electron chi connectivity index (χ4n) is 3.32. The first-order valence-corrected chi connectivity index (χ1v) is 10.4. The van der Waals surface area contributed by atoms with Gasteiger partial charge < -0.3 is 4.57 Å². The molecule has 0 bridgehead atoms. The summed E-state index contributed by atoms with van der Waals surface area (Å²) in [4.78, 5) is 29.9. The van der Waals surface area contributed by atoms with E-state index in [1.54, 1.807) is 25.2 Å². The lowest BCUT2D eigenvalue weighted by Gasteiger charge is -2.10. The number of hydrogen-bond donors (Lipinski definition) is 0. The van der Waals surface area contributed by atoms with Crippen molar-refractivity contribution in [2.45, 2.75) is 24.4 Å². The molecule has 0 saturated carbocycles. The fourth-order valence-corrected chi connectivity index (χ4v) is 4.30. The van der Waals surface area contributed by atoms with E-state index in [0.717, 1.165) is 15.7 Å². The van der Waals surface area contributed by atoms with E-state index in [1.807, 2.05) is 35.8 Å². The topological polar surface area (TPSA) is 61.8 Å². The van der Waals surface area contributed by atoms with E-state index in [9.17, 15) is 14.0 Å². The molecule has 0 aliphatic rings. The molecular formula is C22H21FN4O2S. The Morgan fingerprint density at radius 1 is 1.00 bits per heavy atom. The molecule has 0 fully saturated rings. The summed E-state index contributed by atoms with van der Waals surface area (Å²) in [6.45, 7) is 2.43. The zero-order valence-corrected chi connectivity index (χ0v) is 17.7. The average molecular weight is 425 g/mol. The maximum atomic E-state index is 14.1. The van der Waals surface area contributed by atoms with Crippen molar-refractivity contribution in [2.24, 2.45) is 14.1 Å². The molecule has 2 heterocycles. The summed E-state index contributed by atoms with van der Waals surface area (Å²) in [5.74, 6) is 0.0764. The minimum Gasteiger partial charge on any atom is -0.309 e. The molecule has 6 nitrogen and oxygen atoms in total. The molecular weight excluding hydrogens is 403 g/mol. The quantitative estimate of drug-likeness (QED) is 0.462. The molecule has 0 N–H and O–H groups in total. The second-order valence-corrected chi connectivity index (χ2v) is 8.17. The van der Waals surface area contributed by atoms with Gasteiger partial charge in [0.15, 0.2) is 16.3 Å². The Bertz CT molecular complexity index is 1350. The summed E-state index contributed by atoms with van der Waals surface area (Å²) in [6.07, 6.45) is 0. The van der Waals surface area contributed by atoms with Crippen LogP contribution in [-0.2, 0) is 26.4 Å². The molecule has 0 spiro atoms. The van der Waals surface area contributed by atoms with Crippen LogP contribution >= 0.6 is 11.8 Å². The van der Waals surface area contributed by atoms with Gasteiger partial charge in [-0.3, -0.25) is 13.9 Å². The lowest BCUT2D eigenvalue weighted by molar-refractivity contribution is 0.617. The predicted molar refractivity (Wildman–Crippen MR) is 116 cm³/mol. The molecule has 30 heavy (non-hydrogen) atoms. The number of thioether (sulfide) groups is 1. The number of aryl methyl sites for hydroxylation is 2. The highest BCUT2D eigenvalue weighted by molar-refractivity contribution is 7.98. The molecule has 0 saturated heterocycles. The Labute approximate surface area is 176 Å². The van der Waals surface area contributed by atoms with Crippen molar-refractivity contribution in [2.75, 3.05) is 0 Å². The first-order valence-electron chi connectivity index (χ1n) is 9.45. The van der Waals surface area contributed by atoms with Crippen molar-refractivity contribution in [1.29, 1.82) is 0 Å². The Morgan fingerprint density at radius 3 is 2.40 bits per heavy atom. The SMILES string of the molecule is Cc1ccc(Cn2c(SCc3ccccc3F)nc3c2c(=O)n(C)c(=O)n3C)cc1. The van der Waals surface area contributed by atoms with Gasteiger partial charge in [0, 0.05) is 19.8 Å². The lowest BCUT2D eigenvalue weighted by Crippen LogP contribution is -2.37. The Morgan fingerprint density at radius 2 is 1.70 bits per heavy atom. The van der Waals surface area contributed by atoms with E-state index in [-0.39, 0.29) is 5.82 Å². The van der Waals surface area contributed by atoms with Gasteiger partial charge in [0.25, 0.3) is 5.56 Å². The monoisotopic (exact) mass is 424 g/mol. The van der Waals surface area contributed by atoms with Gasteiger partial charge in [-0.25, -0.2) is 14.2 Å². The minimum atomic E-state index is -0.432. The van der Waals surface area contributed by atoms with Crippen LogP contribution in [0.25, 0.3) is 11.2 Å². The number of hydrogen-bond acceptors (Lipinski definition) is 4. The van der Waals surface area contributed by atoms with Crippen LogP contribution in [-0.4, -0.2) is 18.7 Å². The molecule has 0 aliphatic heterocycles. The van der Waals surface area contributed by atoms with Crippen LogP contribution in [0.3, 0.4) is 0 Å². The zero-order chi connectivity index (χ0) is 21.4. The minimum absolute atomic E-state index is 0.283. The molecule has 8 heteroatoms. The largest absolute Gasteiger partial charge is 0.332 e. The molecule has 0 unspecified atom stereocenters. The molecule has 4 aromatic rings. The van der Waals surface area contributed by atoms with E-state index in [1.165, 1.54) is 29.4 Å². The van der Waals surface area contributed by atoms with Crippen LogP contribution in [0.15, 0.2) is 63.3 Å². The van der Waals surface area contributed by atoms with E-state index < -0.39 is 11.2 Å². The smallest absolute Gasteiger partial charge is 0.309 e.